The van der Waals surface area contributed by atoms with E-state index in [0.717, 1.165) is 12.8 Å². The highest BCUT2D eigenvalue weighted by atomic mass is 16.3. The second-order valence-corrected chi connectivity index (χ2v) is 4.70. The molecule has 1 fully saturated rings. The Kier molecular flexibility index (Phi) is 4.33. The third-order valence-corrected chi connectivity index (χ3v) is 3.40. The van der Waals surface area contributed by atoms with Gasteiger partial charge in [-0.2, -0.15) is 0 Å². The molecule has 1 saturated heterocycles. The van der Waals surface area contributed by atoms with Gasteiger partial charge in [0, 0.05) is 39.0 Å². The van der Waals surface area contributed by atoms with E-state index in [-0.39, 0.29) is 12.5 Å². The molecule has 2 rings (SSSR count). The van der Waals surface area contributed by atoms with Crippen molar-refractivity contribution in [3.8, 4) is 0 Å². The van der Waals surface area contributed by atoms with E-state index in [9.17, 15) is 4.79 Å². The number of nitrogens with zero attached hydrogens (tertiary/aromatic N) is 3. The molecule has 0 saturated carbocycles. The van der Waals surface area contributed by atoms with E-state index in [1.54, 1.807) is 17.4 Å². The highest BCUT2D eigenvalue weighted by molar-refractivity contribution is 5.92. The highest BCUT2D eigenvalue weighted by Crippen LogP contribution is 2.17. The lowest BCUT2D eigenvalue weighted by atomic mass is 9.98. The average molecular weight is 252 g/mol. The summed E-state index contributed by atoms with van der Waals surface area (Å²) in [4.78, 5) is 18.1. The number of imidazole rings is 1. The molecule has 18 heavy (non-hydrogen) atoms. The maximum Gasteiger partial charge on any atom is 0.274 e. The molecule has 0 bridgehead atoms. The van der Waals surface area contributed by atoms with E-state index in [0.29, 0.717) is 37.8 Å². The molecule has 0 atom stereocenters. The first-order valence-corrected chi connectivity index (χ1v) is 6.36. The van der Waals surface area contributed by atoms with Crippen molar-refractivity contribution in [3.05, 3.63) is 18.2 Å². The van der Waals surface area contributed by atoms with Crippen LogP contribution in [0.4, 0.5) is 0 Å². The van der Waals surface area contributed by atoms with Crippen molar-refractivity contribution in [3.63, 3.8) is 0 Å². The largest absolute Gasteiger partial charge is 0.396 e. The molecule has 0 unspecified atom stereocenters. The molecule has 6 nitrogen and oxygen atoms in total. The zero-order valence-electron chi connectivity index (χ0n) is 10.5. The molecule has 1 amide bonds. The molecule has 0 aliphatic carbocycles. The maximum absolute atomic E-state index is 12.2. The third-order valence-electron chi connectivity index (χ3n) is 3.40. The summed E-state index contributed by atoms with van der Waals surface area (Å²) in [5.74, 6) is 0.311. The number of hydrogen-bond donors (Lipinski definition) is 2. The molecule has 1 aliphatic heterocycles. The lowest BCUT2D eigenvalue weighted by Crippen LogP contribution is -2.39. The first-order chi connectivity index (χ1) is 8.74. The van der Waals surface area contributed by atoms with E-state index < -0.39 is 0 Å². The Morgan fingerprint density at radius 2 is 2.22 bits per heavy atom. The molecule has 0 aromatic carbocycles. The van der Waals surface area contributed by atoms with Crippen LogP contribution in [0.15, 0.2) is 12.5 Å². The van der Waals surface area contributed by atoms with Gasteiger partial charge in [0.15, 0.2) is 0 Å². The van der Waals surface area contributed by atoms with E-state index in [1.165, 1.54) is 0 Å². The van der Waals surface area contributed by atoms with Crippen molar-refractivity contribution in [1.29, 1.82) is 0 Å². The summed E-state index contributed by atoms with van der Waals surface area (Å²) < 4.78 is 1.83. The number of rotatable bonds is 4. The average Bonchev–Trinajstić information content (AvgIpc) is 2.87. The third kappa shape index (κ3) is 2.88. The SMILES string of the molecule is NCCn1cnc(C(=O)N2CCC(CO)CC2)c1. The Hall–Kier alpha value is -1.40. The topological polar surface area (TPSA) is 84.4 Å². The Bertz CT molecular complexity index is 397. The molecule has 1 aromatic heterocycles. The van der Waals surface area contributed by atoms with Crippen LogP contribution in [-0.2, 0) is 6.54 Å². The lowest BCUT2D eigenvalue weighted by molar-refractivity contribution is 0.0645. The van der Waals surface area contributed by atoms with Gasteiger partial charge in [-0.1, -0.05) is 0 Å². The summed E-state index contributed by atoms with van der Waals surface area (Å²) in [6.45, 7) is 2.83. The summed E-state index contributed by atoms with van der Waals surface area (Å²) in [6, 6.07) is 0. The van der Waals surface area contributed by atoms with Gasteiger partial charge in [0.05, 0.1) is 6.33 Å². The fraction of sp³-hybridized carbons (Fsp3) is 0.667. The number of nitrogens with two attached hydrogens (primary N) is 1. The van der Waals surface area contributed by atoms with E-state index >= 15 is 0 Å². The van der Waals surface area contributed by atoms with Crippen LogP contribution in [0.3, 0.4) is 0 Å². The van der Waals surface area contributed by atoms with Crippen molar-refractivity contribution in [1.82, 2.24) is 14.5 Å². The summed E-state index contributed by atoms with van der Waals surface area (Å²) >= 11 is 0. The number of aliphatic hydroxyl groups is 1. The fourth-order valence-corrected chi connectivity index (χ4v) is 2.22. The van der Waals surface area contributed by atoms with Crippen molar-refractivity contribution in [2.75, 3.05) is 26.2 Å². The van der Waals surface area contributed by atoms with E-state index in [2.05, 4.69) is 4.98 Å². The van der Waals surface area contributed by atoms with Crippen molar-refractivity contribution in [2.24, 2.45) is 11.7 Å². The minimum Gasteiger partial charge on any atom is -0.396 e. The molecule has 2 heterocycles. The first kappa shape index (κ1) is 13.0. The maximum atomic E-state index is 12.2. The minimum absolute atomic E-state index is 0.0258. The van der Waals surface area contributed by atoms with Crippen LogP contribution in [-0.4, -0.2) is 51.7 Å². The fourth-order valence-electron chi connectivity index (χ4n) is 2.22. The predicted octanol–water partition coefficient (Wildman–Crippen LogP) is -0.314. The van der Waals surface area contributed by atoms with Gasteiger partial charge in [-0.25, -0.2) is 4.98 Å². The van der Waals surface area contributed by atoms with Gasteiger partial charge in [0.2, 0.25) is 0 Å². The Balaban J connectivity index is 1.94. The number of piperidine rings is 1. The molecule has 1 aliphatic rings. The van der Waals surface area contributed by atoms with Crippen molar-refractivity contribution in [2.45, 2.75) is 19.4 Å². The van der Waals surface area contributed by atoms with E-state index in [4.69, 9.17) is 10.8 Å². The van der Waals surface area contributed by atoms with Gasteiger partial charge in [-0.05, 0) is 18.8 Å². The molecule has 3 N–H and O–H groups in total. The second-order valence-electron chi connectivity index (χ2n) is 4.70. The van der Waals surface area contributed by atoms with Crippen LogP contribution in [0.5, 0.6) is 0 Å². The summed E-state index contributed by atoms with van der Waals surface area (Å²) in [5, 5.41) is 9.06. The number of amides is 1. The zero-order chi connectivity index (χ0) is 13.0. The molecule has 6 heteroatoms. The molecule has 1 aromatic rings. The standard InChI is InChI=1S/C12H20N4O2/c13-3-6-15-7-11(14-9-15)12(18)16-4-1-10(8-17)2-5-16/h7,9-10,17H,1-6,8,13H2. The van der Waals surface area contributed by atoms with Gasteiger partial charge in [0.1, 0.15) is 5.69 Å². The Morgan fingerprint density at radius 3 is 2.83 bits per heavy atom. The molecule has 100 valence electrons. The molecular formula is C12H20N4O2. The molecule has 0 spiro atoms. The van der Waals surface area contributed by atoms with Gasteiger partial charge >= 0.3 is 0 Å². The summed E-state index contributed by atoms with van der Waals surface area (Å²) in [5.41, 5.74) is 5.93. The number of likely N-dealkylation sites (tertiary alicyclic amines) is 1. The predicted molar refractivity (Wildman–Crippen MR) is 67.0 cm³/mol. The number of carbonyl (C=O) groups is 1. The van der Waals surface area contributed by atoms with Gasteiger partial charge in [-0.3, -0.25) is 4.79 Å². The van der Waals surface area contributed by atoms with Crippen molar-refractivity contribution >= 4 is 5.91 Å². The van der Waals surface area contributed by atoms with Gasteiger partial charge < -0.3 is 20.3 Å². The summed E-state index contributed by atoms with van der Waals surface area (Å²) in [7, 11) is 0. The molecule has 0 radical (unpaired) electrons. The Morgan fingerprint density at radius 1 is 1.50 bits per heavy atom. The monoisotopic (exact) mass is 252 g/mol. The van der Waals surface area contributed by atoms with Crippen LogP contribution < -0.4 is 5.73 Å². The van der Waals surface area contributed by atoms with E-state index in [1.807, 2.05) is 4.57 Å². The minimum atomic E-state index is -0.0258. The highest BCUT2D eigenvalue weighted by Gasteiger charge is 2.24. The van der Waals surface area contributed by atoms with Crippen LogP contribution in [0.25, 0.3) is 0 Å². The quantitative estimate of drug-likeness (QED) is 0.769. The molecular weight excluding hydrogens is 232 g/mol. The van der Waals surface area contributed by atoms with Crippen LogP contribution in [0, 0.1) is 5.92 Å². The van der Waals surface area contributed by atoms with Crippen LogP contribution in [0.1, 0.15) is 23.3 Å². The normalized spacial score (nSPS) is 17.1. The lowest BCUT2D eigenvalue weighted by Gasteiger charge is -2.30. The van der Waals surface area contributed by atoms with Crippen molar-refractivity contribution < 1.29 is 9.90 Å². The smallest absolute Gasteiger partial charge is 0.274 e. The van der Waals surface area contributed by atoms with Gasteiger partial charge in [-0.15, -0.1) is 0 Å². The van der Waals surface area contributed by atoms with Crippen LogP contribution in [0.2, 0.25) is 0 Å². The zero-order valence-corrected chi connectivity index (χ0v) is 10.5. The second kappa shape index (κ2) is 5.97. The number of aliphatic hydroxyl groups excluding tert-OH is 1. The van der Waals surface area contributed by atoms with Gasteiger partial charge in [0.25, 0.3) is 5.91 Å². The van der Waals surface area contributed by atoms with Crippen LogP contribution >= 0.6 is 0 Å². The Labute approximate surface area is 106 Å². The number of carbonyl (C=O) groups excluding carboxylic acids is 1. The first-order valence-electron chi connectivity index (χ1n) is 6.36. The summed E-state index contributed by atoms with van der Waals surface area (Å²) in [6.07, 6.45) is 5.12. The number of aromatic nitrogens is 2. The number of hydrogen-bond acceptors (Lipinski definition) is 4.